The van der Waals surface area contributed by atoms with Gasteiger partial charge in [-0.3, -0.25) is 0 Å². The van der Waals surface area contributed by atoms with Gasteiger partial charge in [0, 0.05) is 12.3 Å². The first-order valence-electron chi connectivity index (χ1n) is 7.59. The second-order valence-corrected chi connectivity index (χ2v) is 6.27. The highest BCUT2D eigenvalue weighted by molar-refractivity contribution is 7.98. The first-order chi connectivity index (χ1) is 11.2. The normalized spacial score (nSPS) is 11.0. The average Bonchev–Trinajstić information content (AvgIpc) is 2.92. The fraction of sp³-hybridized carbons (Fsp3) is 0.222. The molecule has 1 N–H and O–H groups in total. The van der Waals surface area contributed by atoms with Crippen LogP contribution in [0.2, 0.25) is 0 Å². The Morgan fingerprint density at radius 1 is 1.17 bits per heavy atom. The lowest BCUT2D eigenvalue weighted by molar-refractivity contribution is 0.0697. The van der Waals surface area contributed by atoms with Crippen molar-refractivity contribution in [2.45, 2.75) is 30.8 Å². The lowest BCUT2D eigenvalue weighted by Gasteiger charge is -2.07. The van der Waals surface area contributed by atoms with E-state index >= 15 is 0 Å². The number of thioether (sulfide) groups is 1. The van der Waals surface area contributed by atoms with Crippen molar-refractivity contribution in [2.24, 2.45) is 0 Å². The number of aryl methyl sites for hydroxylation is 1. The number of benzene rings is 2. The van der Waals surface area contributed by atoms with Crippen LogP contribution >= 0.6 is 11.8 Å². The highest BCUT2D eigenvalue weighted by Gasteiger charge is 2.10. The largest absolute Gasteiger partial charge is 0.478 e. The molecule has 0 atom stereocenters. The van der Waals surface area contributed by atoms with E-state index in [2.05, 4.69) is 17.6 Å². The minimum Gasteiger partial charge on any atom is -0.478 e. The molecule has 0 saturated heterocycles. The van der Waals surface area contributed by atoms with E-state index in [1.807, 2.05) is 30.3 Å². The molecule has 3 rings (SSSR count). The van der Waals surface area contributed by atoms with Crippen LogP contribution in [0.3, 0.4) is 0 Å². The Labute approximate surface area is 139 Å². The first kappa shape index (κ1) is 15.6. The monoisotopic (exact) mass is 326 g/mol. The molecule has 0 amide bonds. The Hall–Kier alpha value is -2.27. The molecule has 0 bridgehead atoms. The van der Waals surface area contributed by atoms with E-state index in [4.69, 9.17) is 10.1 Å². The number of rotatable bonds is 6. The van der Waals surface area contributed by atoms with E-state index in [0.29, 0.717) is 5.56 Å². The minimum absolute atomic E-state index is 0.317. The van der Waals surface area contributed by atoms with Gasteiger partial charge in [-0.25, -0.2) is 9.78 Å². The van der Waals surface area contributed by atoms with Crippen molar-refractivity contribution < 1.29 is 9.90 Å². The summed E-state index contributed by atoms with van der Waals surface area (Å²) in [6.45, 7) is 3.11. The lowest BCUT2D eigenvalue weighted by Crippen LogP contribution is -1.99. The molecular weight excluding hydrogens is 308 g/mol. The number of carboxylic acid groups (broad SMARTS) is 1. The number of nitrogens with zero attached hydrogens (tertiary/aromatic N) is 2. The first-order valence-corrected chi connectivity index (χ1v) is 8.58. The van der Waals surface area contributed by atoms with Crippen molar-refractivity contribution in [1.82, 2.24) is 9.55 Å². The van der Waals surface area contributed by atoms with Crippen LogP contribution in [-0.4, -0.2) is 20.6 Å². The molecule has 0 fully saturated rings. The Kier molecular flexibility index (Phi) is 4.67. The summed E-state index contributed by atoms with van der Waals surface area (Å²) in [4.78, 5) is 15.6. The molecule has 0 aliphatic heterocycles. The second-order valence-electron chi connectivity index (χ2n) is 5.33. The van der Waals surface area contributed by atoms with Crippen molar-refractivity contribution in [3.05, 3.63) is 59.7 Å². The molecule has 0 aliphatic carbocycles. The highest BCUT2D eigenvalue weighted by Crippen LogP contribution is 2.27. The number of hydrogen-bond donors (Lipinski definition) is 1. The molecule has 0 saturated carbocycles. The summed E-state index contributed by atoms with van der Waals surface area (Å²) in [5.74, 6) is -0.124. The number of aromatic nitrogens is 2. The molecule has 1 aromatic heterocycles. The average molecular weight is 326 g/mol. The quantitative estimate of drug-likeness (QED) is 0.681. The highest BCUT2D eigenvalue weighted by atomic mass is 32.2. The zero-order valence-corrected chi connectivity index (χ0v) is 13.7. The summed E-state index contributed by atoms with van der Waals surface area (Å²) >= 11 is 1.68. The van der Waals surface area contributed by atoms with Gasteiger partial charge in [0.2, 0.25) is 0 Å². The summed E-state index contributed by atoms with van der Waals surface area (Å²) in [7, 11) is 0. The Bertz CT molecular complexity index is 825. The SMILES string of the molecule is CCCn1c(SCc2ccc(C(=O)O)cc2)nc2ccccc21. The Morgan fingerprint density at radius 2 is 1.91 bits per heavy atom. The van der Waals surface area contributed by atoms with E-state index < -0.39 is 5.97 Å². The number of fused-ring (bicyclic) bond motifs is 1. The molecular formula is C18H18N2O2S. The number of hydrogen-bond acceptors (Lipinski definition) is 3. The third-order valence-corrected chi connectivity index (χ3v) is 4.68. The van der Waals surface area contributed by atoms with E-state index in [9.17, 15) is 4.79 Å². The number of carbonyl (C=O) groups is 1. The maximum Gasteiger partial charge on any atom is 0.335 e. The smallest absolute Gasteiger partial charge is 0.335 e. The zero-order valence-electron chi connectivity index (χ0n) is 12.9. The van der Waals surface area contributed by atoms with Crippen LogP contribution in [0.15, 0.2) is 53.7 Å². The van der Waals surface area contributed by atoms with Crippen LogP contribution in [0, 0.1) is 0 Å². The number of imidazole rings is 1. The topological polar surface area (TPSA) is 55.1 Å². The van der Waals surface area contributed by atoms with Crippen LogP contribution in [0.4, 0.5) is 0 Å². The zero-order chi connectivity index (χ0) is 16.2. The molecule has 0 unspecified atom stereocenters. The van der Waals surface area contributed by atoms with Gasteiger partial charge in [0.05, 0.1) is 16.6 Å². The number of para-hydroxylation sites is 2. The molecule has 4 nitrogen and oxygen atoms in total. The number of aromatic carboxylic acids is 1. The van der Waals surface area contributed by atoms with Crippen LogP contribution in [0.5, 0.6) is 0 Å². The molecule has 1 heterocycles. The van der Waals surface area contributed by atoms with Crippen molar-refractivity contribution in [2.75, 3.05) is 0 Å². The lowest BCUT2D eigenvalue weighted by atomic mass is 10.1. The third-order valence-electron chi connectivity index (χ3n) is 3.64. The van der Waals surface area contributed by atoms with Gasteiger partial charge < -0.3 is 9.67 Å². The van der Waals surface area contributed by atoms with Gasteiger partial charge in [-0.05, 0) is 36.2 Å². The van der Waals surface area contributed by atoms with Gasteiger partial charge in [-0.2, -0.15) is 0 Å². The van der Waals surface area contributed by atoms with Gasteiger partial charge >= 0.3 is 5.97 Å². The van der Waals surface area contributed by atoms with Gasteiger partial charge in [0.15, 0.2) is 5.16 Å². The van der Waals surface area contributed by atoms with Crippen molar-refractivity contribution in [3.8, 4) is 0 Å². The Balaban J connectivity index is 1.81. The molecule has 2 aromatic carbocycles. The van der Waals surface area contributed by atoms with Crippen molar-refractivity contribution in [3.63, 3.8) is 0 Å². The maximum atomic E-state index is 10.9. The van der Waals surface area contributed by atoms with Crippen LogP contribution in [0.25, 0.3) is 11.0 Å². The Morgan fingerprint density at radius 3 is 2.61 bits per heavy atom. The van der Waals surface area contributed by atoms with E-state index in [0.717, 1.165) is 40.5 Å². The van der Waals surface area contributed by atoms with Crippen LogP contribution < -0.4 is 0 Å². The second kappa shape index (κ2) is 6.87. The van der Waals surface area contributed by atoms with E-state index in [-0.39, 0.29) is 0 Å². The third kappa shape index (κ3) is 3.40. The standard InChI is InChI=1S/C18H18N2O2S/c1-2-11-20-16-6-4-3-5-15(16)19-18(20)23-12-13-7-9-14(10-8-13)17(21)22/h3-10H,2,11-12H2,1H3,(H,21,22). The molecule has 0 radical (unpaired) electrons. The molecule has 0 spiro atoms. The minimum atomic E-state index is -0.894. The molecule has 118 valence electrons. The summed E-state index contributed by atoms with van der Waals surface area (Å²) in [5, 5.41) is 9.95. The molecule has 0 aliphatic rings. The van der Waals surface area contributed by atoms with Gasteiger partial charge in [-0.15, -0.1) is 0 Å². The predicted molar refractivity (Wildman–Crippen MR) is 93.0 cm³/mol. The van der Waals surface area contributed by atoms with Gasteiger partial charge in [0.1, 0.15) is 0 Å². The fourth-order valence-electron chi connectivity index (χ4n) is 2.49. The van der Waals surface area contributed by atoms with Gasteiger partial charge in [0.25, 0.3) is 0 Å². The summed E-state index contributed by atoms with van der Waals surface area (Å²) in [6.07, 6.45) is 1.06. The summed E-state index contributed by atoms with van der Waals surface area (Å²) in [5.41, 5.74) is 3.59. The molecule has 23 heavy (non-hydrogen) atoms. The summed E-state index contributed by atoms with van der Waals surface area (Å²) < 4.78 is 2.26. The van der Waals surface area contributed by atoms with E-state index in [1.165, 1.54) is 0 Å². The number of carboxylic acids is 1. The van der Waals surface area contributed by atoms with Crippen molar-refractivity contribution in [1.29, 1.82) is 0 Å². The predicted octanol–water partition coefficient (Wildman–Crippen LogP) is 4.44. The van der Waals surface area contributed by atoms with E-state index in [1.54, 1.807) is 23.9 Å². The summed E-state index contributed by atoms with van der Waals surface area (Å²) in [6, 6.07) is 15.2. The van der Waals surface area contributed by atoms with Crippen LogP contribution in [0.1, 0.15) is 29.3 Å². The van der Waals surface area contributed by atoms with Crippen LogP contribution in [-0.2, 0) is 12.3 Å². The fourth-order valence-corrected chi connectivity index (χ4v) is 3.49. The maximum absolute atomic E-state index is 10.9. The van der Waals surface area contributed by atoms with Crippen molar-refractivity contribution >= 4 is 28.8 Å². The van der Waals surface area contributed by atoms with Gasteiger partial charge in [-0.1, -0.05) is 43.0 Å². The molecule has 3 aromatic rings. The molecule has 5 heteroatoms.